The van der Waals surface area contributed by atoms with Crippen LogP contribution in [0.25, 0.3) is 34.4 Å². The second-order valence-electron chi connectivity index (χ2n) is 9.49. The first-order valence-corrected chi connectivity index (χ1v) is 12.7. The van der Waals surface area contributed by atoms with Gasteiger partial charge in [0.2, 0.25) is 0 Å². The molecule has 1 aromatic heterocycles. The van der Waals surface area contributed by atoms with E-state index in [-0.39, 0.29) is 0 Å². The van der Waals surface area contributed by atoms with E-state index in [1.807, 2.05) is 42.5 Å². The Bertz CT molecular complexity index is 1930. The zero-order chi connectivity index (χ0) is 25.6. The topological polar surface area (TPSA) is 25.6 Å². The molecule has 0 saturated heterocycles. The molecule has 3 nitrogen and oxygen atoms in total. The third-order valence-electron chi connectivity index (χ3n) is 7.18. The Balaban J connectivity index is 1.63. The Morgan fingerprint density at radius 2 is 1.39 bits per heavy atom. The van der Waals surface area contributed by atoms with Crippen LogP contribution in [0.15, 0.2) is 126 Å². The number of hydrogen-bond acceptors (Lipinski definition) is 3. The van der Waals surface area contributed by atoms with Crippen LogP contribution in [0.3, 0.4) is 0 Å². The van der Waals surface area contributed by atoms with E-state index in [0.29, 0.717) is 0 Å². The van der Waals surface area contributed by atoms with Gasteiger partial charge < -0.3 is 9.15 Å². The first-order chi connectivity index (χ1) is 18.7. The minimum absolute atomic E-state index is 0.744. The predicted molar refractivity (Wildman–Crippen MR) is 155 cm³/mol. The SMILES string of the molecule is C=c1/c(=C(\c2ccccc2C)N2c3ccccc3Oc3c(-c4ccccc4)cccc32)oc2ccccc12. The minimum atomic E-state index is 0.744. The van der Waals surface area contributed by atoms with Gasteiger partial charge in [0.1, 0.15) is 5.58 Å². The Kier molecular flexibility index (Phi) is 5.15. The molecule has 3 heteroatoms. The largest absolute Gasteiger partial charge is 0.454 e. The van der Waals surface area contributed by atoms with E-state index in [1.54, 1.807) is 0 Å². The minimum Gasteiger partial charge on any atom is -0.454 e. The molecule has 2 heterocycles. The van der Waals surface area contributed by atoms with Crippen molar-refractivity contribution in [2.75, 3.05) is 4.90 Å². The van der Waals surface area contributed by atoms with Crippen LogP contribution >= 0.6 is 0 Å². The summed E-state index contributed by atoms with van der Waals surface area (Å²) in [5, 5.41) is 1.87. The first-order valence-electron chi connectivity index (χ1n) is 12.7. The van der Waals surface area contributed by atoms with Gasteiger partial charge in [0.05, 0.1) is 17.1 Å². The maximum atomic E-state index is 6.63. The zero-order valence-corrected chi connectivity index (χ0v) is 21.0. The maximum absolute atomic E-state index is 6.63. The van der Waals surface area contributed by atoms with Gasteiger partial charge in [-0.2, -0.15) is 0 Å². The molecule has 5 aromatic carbocycles. The predicted octanol–water partition coefficient (Wildman–Crippen LogP) is 7.92. The van der Waals surface area contributed by atoms with Crippen LogP contribution in [0, 0.1) is 6.92 Å². The molecule has 38 heavy (non-hydrogen) atoms. The summed E-state index contributed by atoms with van der Waals surface area (Å²) in [7, 11) is 0. The van der Waals surface area contributed by atoms with Crippen LogP contribution in [0.5, 0.6) is 11.5 Å². The Morgan fingerprint density at radius 3 is 2.24 bits per heavy atom. The van der Waals surface area contributed by atoms with Gasteiger partial charge in [-0.25, -0.2) is 0 Å². The highest BCUT2D eigenvalue weighted by Crippen LogP contribution is 2.53. The third-order valence-corrected chi connectivity index (χ3v) is 7.18. The molecule has 0 fully saturated rings. The highest BCUT2D eigenvalue weighted by Gasteiger charge is 2.31. The van der Waals surface area contributed by atoms with E-state index in [0.717, 1.165) is 72.4 Å². The van der Waals surface area contributed by atoms with Crippen LogP contribution in [0.4, 0.5) is 11.4 Å². The Morgan fingerprint density at radius 1 is 0.684 bits per heavy atom. The fraction of sp³-hybridized carbons (Fsp3) is 0.0286. The number of para-hydroxylation sites is 4. The summed E-state index contributed by atoms with van der Waals surface area (Å²) in [4.78, 5) is 2.27. The normalized spacial score (nSPS) is 13.0. The van der Waals surface area contributed by atoms with E-state index < -0.39 is 0 Å². The van der Waals surface area contributed by atoms with Gasteiger partial charge in [-0.15, -0.1) is 0 Å². The lowest BCUT2D eigenvalue weighted by atomic mass is 9.98. The van der Waals surface area contributed by atoms with Crippen molar-refractivity contribution in [3.63, 3.8) is 0 Å². The molecule has 0 radical (unpaired) electrons. The Labute approximate surface area is 221 Å². The van der Waals surface area contributed by atoms with E-state index in [1.165, 1.54) is 0 Å². The number of benzene rings is 5. The zero-order valence-electron chi connectivity index (χ0n) is 21.0. The molecule has 1 aliphatic rings. The lowest BCUT2D eigenvalue weighted by molar-refractivity contribution is 0.478. The van der Waals surface area contributed by atoms with Crippen LogP contribution in [-0.2, 0) is 0 Å². The number of fused-ring (bicyclic) bond motifs is 3. The second-order valence-corrected chi connectivity index (χ2v) is 9.49. The molecule has 0 unspecified atom stereocenters. The highest BCUT2D eigenvalue weighted by atomic mass is 16.5. The van der Waals surface area contributed by atoms with Crippen molar-refractivity contribution in [1.29, 1.82) is 0 Å². The van der Waals surface area contributed by atoms with Crippen LogP contribution in [0.1, 0.15) is 11.1 Å². The van der Waals surface area contributed by atoms with Gasteiger partial charge in [0, 0.05) is 21.7 Å². The molecule has 0 bridgehead atoms. The number of rotatable bonds is 3. The van der Waals surface area contributed by atoms with Crippen LogP contribution < -0.4 is 20.3 Å². The second kappa shape index (κ2) is 8.82. The molecule has 182 valence electrons. The number of nitrogens with zero attached hydrogens (tertiary/aromatic N) is 1. The summed E-state index contributed by atoms with van der Waals surface area (Å²) in [6.45, 7) is 6.62. The summed E-state index contributed by atoms with van der Waals surface area (Å²) >= 11 is 0. The summed E-state index contributed by atoms with van der Waals surface area (Å²) in [6.07, 6.45) is 0. The summed E-state index contributed by atoms with van der Waals surface area (Å²) in [5.74, 6) is 1.60. The third kappa shape index (κ3) is 3.44. The van der Waals surface area contributed by atoms with Crippen molar-refractivity contribution in [2.45, 2.75) is 6.92 Å². The smallest absolute Gasteiger partial charge is 0.159 e. The van der Waals surface area contributed by atoms with Gasteiger partial charge in [-0.05, 0) is 42.3 Å². The highest BCUT2D eigenvalue weighted by molar-refractivity contribution is 5.97. The number of furan rings is 1. The molecule has 6 aromatic rings. The summed E-state index contributed by atoms with van der Waals surface area (Å²) < 4.78 is 13.2. The maximum Gasteiger partial charge on any atom is 0.159 e. The number of ether oxygens (including phenoxy) is 1. The molecule has 0 atom stereocenters. The molecule has 7 rings (SSSR count). The summed E-state index contributed by atoms with van der Waals surface area (Å²) in [5.41, 5.74) is 8.75. The van der Waals surface area contributed by atoms with Gasteiger partial charge in [-0.3, -0.25) is 4.90 Å². The monoisotopic (exact) mass is 491 g/mol. The summed E-state index contributed by atoms with van der Waals surface area (Å²) in [6, 6.07) is 41.3. The molecular formula is C35H25NO2. The Hall–Kier alpha value is -5.02. The fourth-order valence-corrected chi connectivity index (χ4v) is 5.34. The van der Waals surface area contributed by atoms with Crippen molar-refractivity contribution in [3.8, 4) is 22.6 Å². The number of hydrogen-bond donors (Lipinski definition) is 0. The van der Waals surface area contributed by atoms with E-state index in [4.69, 9.17) is 9.15 Å². The van der Waals surface area contributed by atoms with Crippen molar-refractivity contribution in [2.24, 2.45) is 0 Å². The first kappa shape index (κ1) is 22.2. The van der Waals surface area contributed by atoms with Crippen molar-refractivity contribution >= 4 is 34.6 Å². The van der Waals surface area contributed by atoms with E-state index >= 15 is 0 Å². The lowest BCUT2D eigenvalue weighted by Crippen LogP contribution is -2.32. The van der Waals surface area contributed by atoms with Gasteiger partial charge in [-0.1, -0.05) is 104 Å². The van der Waals surface area contributed by atoms with Crippen LogP contribution in [0.2, 0.25) is 0 Å². The average molecular weight is 492 g/mol. The molecular weight excluding hydrogens is 466 g/mol. The lowest BCUT2D eigenvalue weighted by Gasteiger charge is -2.35. The molecule has 0 saturated carbocycles. The van der Waals surface area contributed by atoms with Gasteiger partial charge in [0.25, 0.3) is 0 Å². The van der Waals surface area contributed by atoms with Gasteiger partial charge in [0.15, 0.2) is 16.9 Å². The molecule has 0 spiro atoms. The fourth-order valence-electron chi connectivity index (χ4n) is 5.34. The standard InChI is InChI=1S/C35H25NO2/c1-23-13-6-7-16-26(23)33(34-24(2)27-17-8-10-21-31(27)37-34)36-29-19-9-11-22-32(29)38-35-28(18-12-20-30(35)36)25-14-4-3-5-15-25/h3-22H,2H2,1H3/b34-33-. The van der Waals surface area contributed by atoms with Crippen molar-refractivity contribution in [3.05, 3.63) is 143 Å². The van der Waals surface area contributed by atoms with Gasteiger partial charge >= 0.3 is 0 Å². The van der Waals surface area contributed by atoms with E-state index in [2.05, 4.69) is 97.3 Å². The number of anilines is 2. The van der Waals surface area contributed by atoms with Crippen molar-refractivity contribution < 1.29 is 9.15 Å². The number of aryl methyl sites for hydroxylation is 1. The quantitative estimate of drug-likeness (QED) is 0.251. The molecule has 0 amide bonds. The molecule has 0 aliphatic carbocycles. The van der Waals surface area contributed by atoms with Crippen molar-refractivity contribution in [1.82, 2.24) is 0 Å². The van der Waals surface area contributed by atoms with E-state index in [9.17, 15) is 0 Å². The molecule has 1 aliphatic heterocycles. The average Bonchev–Trinajstić information content (AvgIpc) is 3.30. The molecule has 0 N–H and O–H groups in total. The van der Waals surface area contributed by atoms with Crippen LogP contribution in [-0.4, -0.2) is 0 Å².